The Bertz CT molecular complexity index is 1170. The highest BCUT2D eigenvalue weighted by Gasteiger charge is 2.21. The van der Waals surface area contributed by atoms with Gasteiger partial charge in [-0.1, -0.05) is 37.6 Å². The average Bonchev–Trinajstić information content (AvgIpc) is 3.41. The molecule has 0 radical (unpaired) electrons. The molecule has 4 rings (SSSR count). The number of thiophene rings is 1. The van der Waals surface area contributed by atoms with Gasteiger partial charge in [0.05, 0.1) is 23.1 Å². The SMILES string of the molecule is CCCCS(=O)c1sc2nc(-c3nccs3)cc(-c3ccc(COC)cc3)c2c1N. The Balaban J connectivity index is 1.89. The van der Waals surface area contributed by atoms with Gasteiger partial charge in [-0.3, -0.25) is 4.21 Å². The van der Waals surface area contributed by atoms with Crippen molar-refractivity contribution in [2.45, 2.75) is 30.6 Å². The van der Waals surface area contributed by atoms with Crippen LogP contribution in [0.25, 0.3) is 32.0 Å². The van der Waals surface area contributed by atoms with E-state index in [4.69, 9.17) is 15.5 Å². The van der Waals surface area contributed by atoms with Gasteiger partial charge in [0.25, 0.3) is 0 Å². The predicted molar refractivity (Wildman–Crippen MR) is 127 cm³/mol. The van der Waals surface area contributed by atoms with Crippen molar-refractivity contribution in [3.63, 3.8) is 0 Å². The van der Waals surface area contributed by atoms with Crippen LogP contribution in [0.5, 0.6) is 0 Å². The van der Waals surface area contributed by atoms with Crippen molar-refractivity contribution in [3.05, 3.63) is 47.5 Å². The van der Waals surface area contributed by atoms with Gasteiger partial charge in [0.1, 0.15) is 19.7 Å². The number of benzene rings is 1. The second kappa shape index (κ2) is 9.34. The molecule has 0 amide bonds. The highest BCUT2D eigenvalue weighted by molar-refractivity contribution is 7.87. The Morgan fingerprint density at radius 1 is 1.23 bits per heavy atom. The minimum atomic E-state index is -1.12. The number of nitrogen functional groups attached to an aromatic ring is 1. The van der Waals surface area contributed by atoms with Crippen LogP contribution >= 0.6 is 22.7 Å². The largest absolute Gasteiger partial charge is 0.396 e. The zero-order valence-corrected chi connectivity index (χ0v) is 19.3. The number of unbranched alkanes of at least 4 members (excludes halogenated alkanes) is 1. The molecule has 30 heavy (non-hydrogen) atoms. The van der Waals surface area contributed by atoms with E-state index < -0.39 is 10.8 Å². The van der Waals surface area contributed by atoms with E-state index in [9.17, 15) is 4.21 Å². The first-order valence-corrected chi connectivity index (χ1v) is 12.7. The van der Waals surface area contributed by atoms with Gasteiger partial charge >= 0.3 is 0 Å². The minimum Gasteiger partial charge on any atom is -0.396 e. The summed E-state index contributed by atoms with van der Waals surface area (Å²) in [5.74, 6) is 0.619. The summed E-state index contributed by atoms with van der Waals surface area (Å²) in [5, 5.41) is 3.67. The minimum absolute atomic E-state index is 0.567. The lowest BCUT2D eigenvalue weighted by Gasteiger charge is -2.09. The Hall–Kier alpha value is -2.13. The van der Waals surface area contributed by atoms with Crippen LogP contribution in [-0.2, 0) is 22.1 Å². The third-order valence-corrected chi connectivity index (χ3v) is 8.57. The summed E-state index contributed by atoms with van der Waals surface area (Å²) >= 11 is 2.98. The Kier molecular flexibility index (Phi) is 6.58. The Labute approximate surface area is 186 Å². The molecule has 1 atom stereocenters. The van der Waals surface area contributed by atoms with E-state index >= 15 is 0 Å². The number of thiazole rings is 1. The molecule has 0 aliphatic rings. The van der Waals surface area contributed by atoms with Gasteiger partial charge in [-0.05, 0) is 29.2 Å². The first-order chi connectivity index (χ1) is 14.6. The molecule has 3 heterocycles. The maximum atomic E-state index is 12.9. The van der Waals surface area contributed by atoms with Crippen molar-refractivity contribution in [2.24, 2.45) is 0 Å². The van der Waals surface area contributed by atoms with E-state index in [0.717, 1.165) is 54.7 Å². The van der Waals surface area contributed by atoms with Gasteiger partial charge in [0.15, 0.2) is 0 Å². The van der Waals surface area contributed by atoms with Crippen LogP contribution in [0, 0.1) is 0 Å². The number of methoxy groups -OCH3 is 1. The second-order valence-corrected chi connectivity index (χ2v) is 10.6. The molecule has 4 aromatic rings. The summed E-state index contributed by atoms with van der Waals surface area (Å²) in [4.78, 5) is 10.1. The smallest absolute Gasteiger partial charge is 0.141 e. The lowest BCUT2D eigenvalue weighted by Crippen LogP contribution is -1.99. The lowest BCUT2D eigenvalue weighted by atomic mass is 10.0. The standard InChI is InChI=1S/C22H23N3O2S3/c1-3-4-11-30(26)22-19(23)18-16(15-7-5-14(6-8-15)13-27-2)12-17(25-21(18)29-22)20-24-9-10-28-20/h5-10,12H,3-4,11,13,23H2,1-2H3. The monoisotopic (exact) mass is 457 g/mol. The molecule has 8 heteroatoms. The number of nitrogens with two attached hydrogens (primary N) is 1. The summed E-state index contributed by atoms with van der Waals surface area (Å²) < 4.78 is 18.8. The maximum Gasteiger partial charge on any atom is 0.141 e. The fraction of sp³-hybridized carbons (Fsp3) is 0.273. The molecule has 3 aromatic heterocycles. The number of fused-ring (bicyclic) bond motifs is 1. The molecule has 1 aromatic carbocycles. The number of rotatable bonds is 8. The number of ether oxygens (including phenoxy) is 1. The summed E-state index contributed by atoms with van der Waals surface area (Å²) in [7, 11) is 0.569. The Morgan fingerprint density at radius 2 is 2.03 bits per heavy atom. The van der Waals surface area contributed by atoms with Gasteiger partial charge < -0.3 is 10.5 Å². The molecule has 0 fully saturated rings. The molecule has 0 saturated carbocycles. The zero-order valence-electron chi connectivity index (χ0n) is 16.9. The molecule has 0 saturated heterocycles. The summed E-state index contributed by atoms with van der Waals surface area (Å²) in [6.45, 7) is 2.66. The molecule has 156 valence electrons. The third kappa shape index (κ3) is 4.18. The van der Waals surface area contributed by atoms with Crippen LogP contribution in [0.3, 0.4) is 0 Å². The first-order valence-electron chi connectivity index (χ1n) is 9.71. The maximum absolute atomic E-state index is 12.9. The predicted octanol–water partition coefficient (Wildman–Crippen LogP) is 5.72. The van der Waals surface area contributed by atoms with E-state index in [0.29, 0.717) is 18.0 Å². The van der Waals surface area contributed by atoms with Crippen LogP contribution in [0.2, 0.25) is 0 Å². The van der Waals surface area contributed by atoms with Crippen molar-refractivity contribution in [1.82, 2.24) is 9.97 Å². The number of aromatic nitrogens is 2. The molecular weight excluding hydrogens is 434 g/mol. The van der Waals surface area contributed by atoms with Gasteiger partial charge in [-0.25, -0.2) is 9.97 Å². The topological polar surface area (TPSA) is 78.1 Å². The van der Waals surface area contributed by atoms with Crippen LogP contribution in [-0.4, -0.2) is 27.0 Å². The fourth-order valence-electron chi connectivity index (χ4n) is 3.27. The lowest BCUT2D eigenvalue weighted by molar-refractivity contribution is 0.185. The normalized spacial score (nSPS) is 12.5. The third-order valence-electron chi connectivity index (χ3n) is 4.78. The van der Waals surface area contributed by atoms with Crippen LogP contribution < -0.4 is 5.73 Å². The van der Waals surface area contributed by atoms with E-state index in [1.807, 2.05) is 11.4 Å². The molecule has 0 bridgehead atoms. The first kappa shape index (κ1) is 21.1. The van der Waals surface area contributed by atoms with E-state index in [1.54, 1.807) is 24.6 Å². The number of pyridine rings is 1. The number of hydrogen-bond acceptors (Lipinski definition) is 7. The van der Waals surface area contributed by atoms with Gasteiger partial charge in [0, 0.05) is 29.8 Å². The van der Waals surface area contributed by atoms with Crippen LogP contribution in [0.15, 0.2) is 46.1 Å². The van der Waals surface area contributed by atoms with Crippen molar-refractivity contribution in [2.75, 3.05) is 18.6 Å². The van der Waals surface area contributed by atoms with Gasteiger partial charge in [-0.2, -0.15) is 0 Å². The number of anilines is 1. The molecule has 5 nitrogen and oxygen atoms in total. The Morgan fingerprint density at radius 3 is 2.70 bits per heavy atom. The summed E-state index contributed by atoms with van der Waals surface area (Å²) in [5.41, 5.74) is 11.1. The molecule has 0 spiro atoms. The van der Waals surface area contributed by atoms with E-state index in [1.165, 1.54) is 11.3 Å². The molecule has 0 aliphatic carbocycles. The summed E-state index contributed by atoms with van der Waals surface area (Å²) in [6.07, 6.45) is 3.69. The van der Waals surface area contributed by atoms with Crippen molar-refractivity contribution < 1.29 is 8.95 Å². The van der Waals surface area contributed by atoms with Crippen LogP contribution in [0.1, 0.15) is 25.3 Å². The quantitative estimate of drug-likeness (QED) is 0.366. The number of nitrogens with zero attached hydrogens (tertiary/aromatic N) is 2. The molecular formula is C22H23N3O2S3. The number of hydrogen-bond donors (Lipinski definition) is 1. The zero-order chi connectivity index (χ0) is 21.1. The van der Waals surface area contributed by atoms with E-state index in [-0.39, 0.29) is 0 Å². The average molecular weight is 458 g/mol. The molecule has 1 unspecified atom stereocenters. The van der Waals surface area contributed by atoms with Gasteiger partial charge in [0.2, 0.25) is 0 Å². The molecule has 0 aliphatic heterocycles. The second-order valence-electron chi connectivity index (χ2n) is 6.91. The highest BCUT2D eigenvalue weighted by atomic mass is 32.2. The highest BCUT2D eigenvalue weighted by Crippen LogP contribution is 2.43. The van der Waals surface area contributed by atoms with Crippen molar-refractivity contribution >= 4 is 49.4 Å². The van der Waals surface area contributed by atoms with Gasteiger partial charge in [-0.15, -0.1) is 22.7 Å². The molecule has 2 N–H and O–H groups in total. The van der Waals surface area contributed by atoms with Crippen molar-refractivity contribution in [3.8, 4) is 21.8 Å². The summed E-state index contributed by atoms with van der Waals surface area (Å²) in [6, 6.07) is 10.3. The fourth-order valence-corrected chi connectivity index (χ4v) is 6.67. The van der Waals surface area contributed by atoms with Crippen molar-refractivity contribution in [1.29, 1.82) is 0 Å². The van der Waals surface area contributed by atoms with E-state index in [2.05, 4.69) is 36.2 Å². The van der Waals surface area contributed by atoms with Crippen LogP contribution in [0.4, 0.5) is 5.69 Å².